The molecule has 0 spiro atoms. The second-order valence-electron chi connectivity index (χ2n) is 15.4. The van der Waals surface area contributed by atoms with Crippen LogP contribution in [-0.2, 0) is 32.0 Å². The molecule has 0 aromatic heterocycles. The van der Waals surface area contributed by atoms with Gasteiger partial charge < -0.3 is 38.1 Å². The van der Waals surface area contributed by atoms with E-state index in [4.69, 9.17) is 17.2 Å². The van der Waals surface area contributed by atoms with Gasteiger partial charge in [-0.1, -0.05) is 87.1 Å². The average Bonchev–Trinajstić information content (AvgIpc) is 3.69. The number of ketones is 2. The van der Waals surface area contributed by atoms with Crippen LogP contribution in [0.1, 0.15) is 101 Å². The van der Waals surface area contributed by atoms with Crippen molar-refractivity contribution < 1.29 is 19.2 Å². The molecule has 11 nitrogen and oxygen atoms in total. The predicted molar refractivity (Wildman–Crippen MR) is 217 cm³/mol. The molecule has 2 aliphatic rings. The molecule has 11 heteroatoms. The van der Waals surface area contributed by atoms with E-state index in [0.29, 0.717) is 70.5 Å². The Bertz CT molecular complexity index is 1450. The maximum atomic E-state index is 14.8. The lowest BCUT2D eigenvalue weighted by Crippen LogP contribution is -2.56. The molecule has 298 valence electrons. The maximum absolute atomic E-state index is 14.8. The van der Waals surface area contributed by atoms with Crippen LogP contribution in [0.2, 0.25) is 0 Å². The molecule has 1 heterocycles. The van der Waals surface area contributed by atoms with Crippen molar-refractivity contribution >= 4 is 29.1 Å². The Balaban J connectivity index is 1.56. The van der Waals surface area contributed by atoms with Crippen molar-refractivity contribution in [3.05, 3.63) is 65.7 Å². The second-order valence-corrected chi connectivity index (χ2v) is 15.4. The van der Waals surface area contributed by atoms with Crippen LogP contribution in [0.15, 0.2) is 54.6 Å². The van der Waals surface area contributed by atoms with Crippen molar-refractivity contribution in [2.24, 2.45) is 29.0 Å². The third kappa shape index (κ3) is 13.0. The maximum Gasteiger partial charge on any atom is 0.245 e. The molecule has 2 fully saturated rings. The van der Waals surface area contributed by atoms with Crippen LogP contribution in [0.5, 0.6) is 0 Å². The highest BCUT2D eigenvalue weighted by atomic mass is 16.2. The Kier molecular flexibility index (Phi) is 18.6. The number of para-hydroxylation sites is 1. The molecule has 0 bridgehead atoms. The Morgan fingerprint density at radius 3 is 2.22 bits per heavy atom. The number of benzene rings is 2. The molecular formula is C43H67N7O4. The summed E-state index contributed by atoms with van der Waals surface area (Å²) < 4.78 is 0. The Morgan fingerprint density at radius 1 is 0.796 bits per heavy atom. The van der Waals surface area contributed by atoms with Crippen LogP contribution < -0.4 is 33.2 Å². The van der Waals surface area contributed by atoms with E-state index in [1.165, 1.54) is 6.42 Å². The number of likely N-dealkylation sites (tertiary alicyclic amines) is 1. The van der Waals surface area contributed by atoms with Gasteiger partial charge in [0.05, 0.1) is 24.0 Å². The van der Waals surface area contributed by atoms with Gasteiger partial charge in [-0.05, 0) is 107 Å². The van der Waals surface area contributed by atoms with E-state index in [-0.39, 0.29) is 29.8 Å². The fraction of sp³-hybridized carbons (Fsp3) is 0.628. The lowest BCUT2D eigenvalue weighted by atomic mass is 9.79. The van der Waals surface area contributed by atoms with E-state index in [9.17, 15) is 19.2 Å². The highest BCUT2D eigenvalue weighted by molar-refractivity contribution is 6.08. The average molecular weight is 746 g/mol. The molecule has 1 saturated heterocycles. The quantitative estimate of drug-likeness (QED) is 0.0675. The molecule has 5 atom stereocenters. The number of hydrogen-bond donors (Lipinski definition) is 6. The molecule has 1 saturated carbocycles. The normalized spacial score (nSPS) is 18.4. The number of amides is 2. The van der Waals surface area contributed by atoms with Crippen molar-refractivity contribution in [1.29, 1.82) is 0 Å². The van der Waals surface area contributed by atoms with Gasteiger partial charge in [-0.25, -0.2) is 0 Å². The molecule has 1 unspecified atom stereocenters. The number of anilines is 1. The van der Waals surface area contributed by atoms with Crippen LogP contribution in [-0.4, -0.2) is 85.7 Å². The zero-order valence-corrected chi connectivity index (χ0v) is 32.6. The van der Waals surface area contributed by atoms with Gasteiger partial charge in [-0.15, -0.1) is 0 Å². The van der Waals surface area contributed by atoms with Gasteiger partial charge in [0.2, 0.25) is 11.8 Å². The number of nitrogens with two attached hydrogens (primary N) is 3. The number of nitrogens with zero attached hydrogens (tertiary/aromatic N) is 1. The minimum Gasteiger partial charge on any atom is -0.385 e. The van der Waals surface area contributed by atoms with Gasteiger partial charge in [-0.2, -0.15) is 0 Å². The molecule has 9 N–H and O–H groups in total. The highest BCUT2D eigenvalue weighted by Crippen LogP contribution is 2.31. The van der Waals surface area contributed by atoms with Crippen LogP contribution in [0.4, 0.5) is 5.69 Å². The van der Waals surface area contributed by atoms with Gasteiger partial charge >= 0.3 is 0 Å². The molecule has 2 amide bonds. The summed E-state index contributed by atoms with van der Waals surface area (Å²) in [5.41, 5.74) is 21.0. The summed E-state index contributed by atoms with van der Waals surface area (Å²) in [6.07, 6.45) is 12.6. The smallest absolute Gasteiger partial charge is 0.245 e. The van der Waals surface area contributed by atoms with Gasteiger partial charge in [-0.3, -0.25) is 19.2 Å². The summed E-state index contributed by atoms with van der Waals surface area (Å²) in [5.74, 6) is -1.68. The van der Waals surface area contributed by atoms with Crippen LogP contribution >= 0.6 is 0 Å². The largest absolute Gasteiger partial charge is 0.385 e. The number of carbonyl (C=O) groups is 4. The van der Waals surface area contributed by atoms with E-state index in [1.54, 1.807) is 11.9 Å². The van der Waals surface area contributed by atoms with Gasteiger partial charge in [0.1, 0.15) is 6.04 Å². The first-order valence-corrected chi connectivity index (χ1v) is 20.6. The SMILES string of the molecule is CN[C@@H](Cc1ccccc1)C(=O)N[C@@H](CCCCN)C(=O)N1CCC[C@H]1C(=O)C(Cc1ccccc1NCCCCCN)C(=O)[C@H](N)CC1CCCCC1. The summed E-state index contributed by atoms with van der Waals surface area (Å²) in [6.45, 7) is 2.28. The lowest BCUT2D eigenvalue weighted by molar-refractivity contribution is -0.144. The number of hydrogen-bond acceptors (Lipinski definition) is 9. The Morgan fingerprint density at radius 2 is 1.50 bits per heavy atom. The summed E-state index contributed by atoms with van der Waals surface area (Å²) in [7, 11) is 1.74. The van der Waals surface area contributed by atoms with E-state index >= 15 is 0 Å². The molecule has 54 heavy (non-hydrogen) atoms. The minimum atomic E-state index is -0.994. The predicted octanol–water partition coefficient (Wildman–Crippen LogP) is 4.26. The lowest BCUT2D eigenvalue weighted by Gasteiger charge is -2.32. The van der Waals surface area contributed by atoms with Crippen molar-refractivity contribution in [2.45, 2.75) is 127 Å². The van der Waals surface area contributed by atoms with E-state index < -0.39 is 30.1 Å². The molecule has 2 aromatic rings. The van der Waals surface area contributed by atoms with Crippen molar-refractivity contribution in [1.82, 2.24) is 15.5 Å². The first kappa shape index (κ1) is 43.1. The molecule has 1 aliphatic heterocycles. The Labute approximate surface area is 323 Å². The standard InChI is InChI=1S/C43H67N7O4/c1-47-38(29-32-18-7-3-8-19-32)42(53)49-37(22-11-13-25-45)43(54)50-27-15-23-39(50)41(52)34(40(51)35(46)28-31-16-5-2-6-17-31)30-33-20-9-10-21-36(33)48-26-14-4-12-24-44/h3,7-10,18-21,31,34-35,37-39,47-48H,2,4-6,11-17,22-30,44-46H2,1H3,(H,49,53)/t34?,35-,37+,38+,39+/m1/s1. The van der Waals surface area contributed by atoms with Crippen molar-refractivity contribution in [2.75, 3.05) is 38.5 Å². The van der Waals surface area contributed by atoms with Gasteiger partial charge in [0.25, 0.3) is 0 Å². The topological polar surface area (TPSA) is 186 Å². The third-order valence-corrected chi connectivity index (χ3v) is 11.4. The first-order valence-electron chi connectivity index (χ1n) is 20.6. The minimum absolute atomic E-state index is 0.209. The number of nitrogens with one attached hydrogen (secondary N) is 3. The monoisotopic (exact) mass is 746 g/mol. The zero-order chi connectivity index (χ0) is 38.7. The number of unbranched alkanes of at least 4 members (excludes halogenated alkanes) is 3. The number of likely N-dealkylation sites (N-methyl/N-ethyl adjacent to an activating group) is 1. The van der Waals surface area contributed by atoms with Crippen LogP contribution in [0, 0.1) is 11.8 Å². The molecule has 1 aliphatic carbocycles. The molecule has 2 aromatic carbocycles. The molecule has 4 rings (SSSR count). The van der Waals surface area contributed by atoms with Crippen molar-refractivity contribution in [3.8, 4) is 0 Å². The number of carbonyl (C=O) groups excluding carboxylic acids is 4. The fourth-order valence-corrected chi connectivity index (χ4v) is 8.21. The fourth-order valence-electron chi connectivity index (χ4n) is 8.21. The van der Waals surface area contributed by atoms with E-state index in [1.807, 2.05) is 54.6 Å². The Hall–Kier alpha value is -3.64. The summed E-state index contributed by atoms with van der Waals surface area (Å²) in [5, 5.41) is 9.66. The van der Waals surface area contributed by atoms with Gasteiger partial charge in [0.15, 0.2) is 11.6 Å². The van der Waals surface area contributed by atoms with Gasteiger partial charge in [0, 0.05) is 18.8 Å². The van der Waals surface area contributed by atoms with Crippen LogP contribution in [0.3, 0.4) is 0 Å². The number of Topliss-reactive ketones (excluding diaryl/α,β-unsaturated/α-hetero) is 2. The van der Waals surface area contributed by atoms with Crippen LogP contribution in [0.25, 0.3) is 0 Å². The number of rotatable bonds is 24. The summed E-state index contributed by atoms with van der Waals surface area (Å²) >= 11 is 0. The van der Waals surface area contributed by atoms with E-state index in [2.05, 4.69) is 16.0 Å². The summed E-state index contributed by atoms with van der Waals surface area (Å²) in [4.78, 5) is 58.9. The molecular weight excluding hydrogens is 679 g/mol. The third-order valence-electron chi connectivity index (χ3n) is 11.4. The second kappa shape index (κ2) is 23.3. The summed E-state index contributed by atoms with van der Waals surface area (Å²) in [6, 6.07) is 14.7. The van der Waals surface area contributed by atoms with E-state index in [0.717, 1.165) is 68.3 Å². The van der Waals surface area contributed by atoms with Crippen molar-refractivity contribution in [3.63, 3.8) is 0 Å². The zero-order valence-electron chi connectivity index (χ0n) is 32.6. The highest BCUT2D eigenvalue weighted by Gasteiger charge is 2.43. The molecule has 0 radical (unpaired) electrons. The first-order chi connectivity index (χ1) is 26.3.